The summed E-state index contributed by atoms with van der Waals surface area (Å²) in [5, 5.41) is 0.164. The van der Waals surface area contributed by atoms with Gasteiger partial charge in [-0.3, -0.25) is 4.79 Å². The van der Waals surface area contributed by atoms with Crippen LogP contribution < -0.4 is 11.3 Å². The molecule has 0 spiro atoms. The van der Waals surface area contributed by atoms with Crippen LogP contribution >= 0.6 is 11.6 Å². The molecule has 0 unspecified atom stereocenters. The van der Waals surface area contributed by atoms with Crippen molar-refractivity contribution in [3.63, 3.8) is 0 Å². The molecule has 0 saturated carbocycles. The van der Waals surface area contributed by atoms with Crippen LogP contribution in [0.5, 0.6) is 0 Å². The van der Waals surface area contributed by atoms with Crippen molar-refractivity contribution >= 4 is 11.6 Å². The Labute approximate surface area is 81.2 Å². The van der Waals surface area contributed by atoms with Crippen LogP contribution in [0, 0.1) is 0 Å². The van der Waals surface area contributed by atoms with Gasteiger partial charge in [-0.2, -0.15) is 0 Å². The third kappa shape index (κ3) is 2.44. The minimum Gasteiger partial charge on any atom is -0.327 e. The van der Waals surface area contributed by atoms with E-state index in [4.69, 9.17) is 17.3 Å². The van der Waals surface area contributed by atoms with Gasteiger partial charge in [0.05, 0.1) is 0 Å². The zero-order valence-electron chi connectivity index (χ0n) is 7.09. The van der Waals surface area contributed by atoms with Crippen molar-refractivity contribution in [2.24, 2.45) is 5.73 Å². The lowest BCUT2D eigenvalue weighted by atomic mass is 10.1. The third-order valence-electron chi connectivity index (χ3n) is 1.73. The highest BCUT2D eigenvalue weighted by Gasteiger charge is 2.05. The second-order valence-corrected chi connectivity index (χ2v) is 3.15. The number of hydrogen-bond acceptors (Lipinski definition) is 2. The first kappa shape index (κ1) is 10.0. The first-order valence-corrected chi connectivity index (χ1v) is 4.27. The van der Waals surface area contributed by atoms with Crippen LogP contribution in [0.25, 0.3) is 0 Å². The van der Waals surface area contributed by atoms with Crippen molar-refractivity contribution in [2.45, 2.75) is 12.5 Å². The highest BCUT2D eigenvalue weighted by molar-refractivity contribution is 6.30. The maximum absolute atomic E-state index is 10.9. The van der Waals surface area contributed by atoms with Gasteiger partial charge in [-0.1, -0.05) is 17.7 Å². The number of rotatable bonds is 3. The number of pyridine rings is 1. The summed E-state index contributed by atoms with van der Waals surface area (Å²) >= 11 is 5.63. The summed E-state index contributed by atoms with van der Waals surface area (Å²) in [5.41, 5.74) is 6.29. The quantitative estimate of drug-likeness (QED) is 0.725. The van der Waals surface area contributed by atoms with E-state index < -0.39 is 0 Å². The lowest BCUT2D eigenvalue weighted by Crippen LogP contribution is -2.13. The molecule has 1 aromatic heterocycles. The first-order chi connectivity index (χ1) is 6.15. The van der Waals surface area contributed by atoms with E-state index in [1.165, 1.54) is 0 Å². The predicted octanol–water partition coefficient (Wildman–Crippen LogP) is 1.60. The predicted molar refractivity (Wildman–Crippen MR) is 53.8 cm³/mol. The second kappa shape index (κ2) is 4.25. The van der Waals surface area contributed by atoms with Crippen LogP contribution in [0.2, 0.25) is 5.02 Å². The van der Waals surface area contributed by atoms with Gasteiger partial charge in [-0.25, -0.2) is 0 Å². The first-order valence-electron chi connectivity index (χ1n) is 3.89. The van der Waals surface area contributed by atoms with Crippen molar-refractivity contribution < 1.29 is 0 Å². The maximum Gasteiger partial charge on any atom is 0.266 e. The Bertz CT molecular complexity index is 359. The van der Waals surface area contributed by atoms with E-state index in [1.54, 1.807) is 18.3 Å². The van der Waals surface area contributed by atoms with Crippen LogP contribution in [-0.4, -0.2) is 4.98 Å². The normalized spacial score (nSPS) is 12.5. The van der Waals surface area contributed by atoms with Gasteiger partial charge in [0.15, 0.2) is 0 Å². The average Bonchev–Trinajstić information content (AvgIpc) is 2.10. The Balaban J connectivity index is 2.96. The summed E-state index contributed by atoms with van der Waals surface area (Å²) in [6.45, 7) is 3.58. The summed E-state index contributed by atoms with van der Waals surface area (Å²) in [7, 11) is 0. The van der Waals surface area contributed by atoms with Crippen molar-refractivity contribution in [1.29, 1.82) is 0 Å². The van der Waals surface area contributed by atoms with E-state index in [2.05, 4.69) is 11.6 Å². The molecule has 3 N–H and O–H groups in total. The van der Waals surface area contributed by atoms with Gasteiger partial charge in [-0.15, -0.1) is 6.58 Å². The summed E-state index contributed by atoms with van der Waals surface area (Å²) in [6, 6.07) is 1.42. The van der Waals surface area contributed by atoms with Gasteiger partial charge in [0.1, 0.15) is 5.02 Å². The number of halogens is 1. The Morgan fingerprint density at radius 2 is 2.46 bits per heavy atom. The van der Waals surface area contributed by atoms with Gasteiger partial charge in [0.2, 0.25) is 0 Å². The van der Waals surface area contributed by atoms with E-state index in [-0.39, 0.29) is 16.6 Å². The average molecular weight is 199 g/mol. The number of nitrogens with two attached hydrogens (primary N) is 1. The third-order valence-corrected chi connectivity index (χ3v) is 2.01. The molecule has 70 valence electrons. The van der Waals surface area contributed by atoms with Crippen LogP contribution in [0.1, 0.15) is 18.0 Å². The SMILES string of the molecule is C=CC[C@@H](N)c1c[nH]c(=O)c(Cl)c1. The number of H-pyrrole nitrogens is 1. The number of hydrogen-bond donors (Lipinski definition) is 2. The molecule has 0 saturated heterocycles. The van der Waals surface area contributed by atoms with Crippen LogP contribution in [0.3, 0.4) is 0 Å². The zero-order chi connectivity index (χ0) is 9.84. The van der Waals surface area contributed by atoms with Crippen molar-refractivity contribution in [1.82, 2.24) is 4.98 Å². The molecule has 0 fully saturated rings. The summed E-state index contributed by atoms with van der Waals surface area (Å²) in [6.07, 6.45) is 3.95. The monoisotopic (exact) mass is 198 g/mol. The van der Waals surface area contributed by atoms with Gasteiger partial charge in [-0.05, 0) is 18.1 Å². The van der Waals surface area contributed by atoms with E-state index in [9.17, 15) is 4.79 Å². The van der Waals surface area contributed by atoms with Gasteiger partial charge in [0.25, 0.3) is 5.56 Å². The van der Waals surface area contributed by atoms with E-state index in [0.29, 0.717) is 6.42 Å². The Morgan fingerprint density at radius 1 is 1.77 bits per heavy atom. The van der Waals surface area contributed by atoms with E-state index in [0.717, 1.165) is 5.56 Å². The molecule has 3 nitrogen and oxygen atoms in total. The molecule has 0 aliphatic carbocycles. The van der Waals surface area contributed by atoms with Gasteiger partial charge < -0.3 is 10.7 Å². The number of nitrogens with one attached hydrogen (secondary N) is 1. The second-order valence-electron chi connectivity index (χ2n) is 2.74. The molecule has 1 aromatic rings. The van der Waals surface area contributed by atoms with Crippen LogP contribution in [0.4, 0.5) is 0 Å². The molecule has 1 rings (SSSR count). The van der Waals surface area contributed by atoms with Crippen LogP contribution in [0.15, 0.2) is 29.7 Å². The fraction of sp³-hybridized carbons (Fsp3) is 0.222. The number of aromatic amines is 1. The minimum atomic E-state index is -0.295. The molecule has 0 aromatic carbocycles. The highest BCUT2D eigenvalue weighted by Crippen LogP contribution is 2.14. The molecule has 1 atom stereocenters. The highest BCUT2D eigenvalue weighted by atomic mass is 35.5. The van der Waals surface area contributed by atoms with Crippen molar-refractivity contribution in [2.75, 3.05) is 0 Å². The molecule has 0 aliphatic heterocycles. The largest absolute Gasteiger partial charge is 0.327 e. The van der Waals surface area contributed by atoms with Crippen LogP contribution in [-0.2, 0) is 0 Å². The fourth-order valence-electron chi connectivity index (χ4n) is 1.00. The molecule has 0 amide bonds. The van der Waals surface area contributed by atoms with Gasteiger partial charge >= 0.3 is 0 Å². The molecule has 0 aliphatic rings. The molecule has 0 bridgehead atoms. The molecule has 1 heterocycles. The topological polar surface area (TPSA) is 58.9 Å². The molecule has 13 heavy (non-hydrogen) atoms. The Hall–Kier alpha value is -1.06. The van der Waals surface area contributed by atoms with Crippen molar-refractivity contribution in [3.8, 4) is 0 Å². The van der Waals surface area contributed by atoms with E-state index in [1.807, 2.05) is 0 Å². The molecular formula is C9H11ClN2O. The Morgan fingerprint density at radius 3 is 3.00 bits per heavy atom. The van der Waals surface area contributed by atoms with Gasteiger partial charge in [0, 0.05) is 12.2 Å². The standard InChI is InChI=1S/C9H11ClN2O/c1-2-3-8(11)6-4-7(10)9(13)12-5-6/h2,4-5,8H,1,3,11H2,(H,12,13)/t8-/m1/s1. The molecule has 0 radical (unpaired) electrons. The van der Waals surface area contributed by atoms with E-state index >= 15 is 0 Å². The lowest BCUT2D eigenvalue weighted by molar-refractivity contribution is 0.736. The van der Waals surface area contributed by atoms with Crippen molar-refractivity contribution in [3.05, 3.63) is 45.9 Å². The number of aromatic nitrogens is 1. The Kier molecular flexibility index (Phi) is 3.28. The smallest absolute Gasteiger partial charge is 0.266 e. The minimum absolute atomic E-state index is 0.160. The summed E-state index contributed by atoms with van der Waals surface area (Å²) in [5.74, 6) is 0. The zero-order valence-corrected chi connectivity index (χ0v) is 7.84. The molecular weight excluding hydrogens is 188 g/mol. The summed E-state index contributed by atoms with van der Waals surface area (Å²) in [4.78, 5) is 13.4. The molecule has 4 heteroatoms. The summed E-state index contributed by atoms with van der Waals surface area (Å²) < 4.78 is 0. The lowest BCUT2D eigenvalue weighted by Gasteiger charge is -2.08. The maximum atomic E-state index is 10.9. The fourth-order valence-corrected chi connectivity index (χ4v) is 1.18.